The Kier molecular flexibility index (Phi) is 4.58. The van der Waals surface area contributed by atoms with Crippen LogP contribution in [0.3, 0.4) is 0 Å². The van der Waals surface area contributed by atoms with Crippen LogP contribution in [-0.2, 0) is 18.4 Å². The number of carbonyl (C=O) groups is 1. The van der Waals surface area contributed by atoms with E-state index >= 15 is 0 Å². The zero-order valence-electron chi connectivity index (χ0n) is 11.7. The van der Waals surface area contributed by atoms with Crippen LogP contribution in [0.1, 0.15) is 44.1 Å². The van der Waals surface area contributed by atoms with Gasteiger partial charge in [0.05, 0.1) is 11.6 Å². The third kappa shape index (κ3) is 3.35. The Labute approximate surface area is 114 Å². The molecule has 0 aliphatic heterocycles. The van der Waals surface area contributed by atoms with Gasteiger partial charge in [-0.15, -0.1) is 0 Å². The molecule has 19 heavy (non-hydrogen) atoms. The van der Waals surface area contributed by atoms with Gasteiger partial charge in [-0.25, -0.2) is 0 Å². The first-order valence-electron chi connectivity index (χ1n) is 7.12. The van der Waals surface area contributed by atoms with Crippen molar-refractivity contribution in [3.05, 3.63) is 18.0 Å². The molecule has 0 unspecified atom stereocenters. The van der Waals surface area contributed by atoms with Crippen LogP contribution in [0, 0.1) is 5.41 Å². The molecular formula is C14H24N4O. The van der Waals surface area contributed by atoms with Gasteiger partial charge in [-0.2, -0.15) is 5.10 Å². The van der Waals surface area contributed by atoms with Crippen LogP contribution in [0.5, 0.6) is 0 Å². The summed E-state index contributed by atoms with van der Waals surface area (Å²) in [5, 5.41) is 7.13. The molecule has 1 fully saturated rings. The summed E-state index contributed by atoms with van der Waals surface area (Å²) in [6, 6.07) is 0. The Hall–Kier alpha value is -1.36. The molecule has 1 aliphatic rings. The van der Waals surface area contributed by atoms with E-state index in [0.29, 0.717) is 13.1 Å². The Bertz CT molecular complexity index is 419. The molecule has 0 atom stereocenters. The van der Waals surface area contributed by atoms with E-state index < -0.39 is 0 Å². The molecule has 106 valence electrons. The van der Waals surface area contributed by atoms with Gasteiger partial charge < -0.3 is 11.1 Å². The Morgan fingerprint density at radius 2 is 2.11 bits per heavy atom. The molecule has 0 aromatic carbocycles. The van der Waals surface area contributed by atoms with Crippen LogP contribution in [0.15, 0.2) is 12.4 Å². The zero-order chi connectivity index (χ0) is 13.7. The molecule has 0 saturated heterocycles. The molecule has 1 saturated carbocycles. The first-order valence-corrected chi connectivity index (χ1v) is 7.12. The molecule has 1 heterocycles. The lowest BCUT2D eigenvalue weighted by Crippen LogP contribution is -2.45. The second kappa shape index (κ2) is 6.19. The zero-order valence-corrected chi connectivity index (χ0v) is 11.7. The Morgan fingerprint density at radius 3 is 2.63 bits per heavy atom. The summed E-state index contributed by atoms with van der Waals surface area (Å²) < 4.78 is 1.74. The van der Waals surface area contributed by atoms with Crippen LogP contribution >= 0.6 is 0 Å². The van der Waals surface area contributed by atoms with Crippen LogP contribution in [0.4, 0.5) is 0 Å². The molecule has 0 bridgehead atoms. The number of nitrogens with two attached hydrogens (primary N) is 1. The minimum absolute atomic E-state index is 0.112. The predicted molar refractivity (Wildman–Crippen MR) is 74.2 cm³/mol. The van der Waals surface area contributed by atoms with Crippen molar-refractivity contribution in [3.63, 3.8) is 0 Å². The van der Waals surface area contributed by atoms with Crippen LogP contribution < -0.4 is 11.1 Å². The summed E-state index contributed by atoms with van der Waals surface area (Å²) >= 11 is 0. The van der Waals surface area contributed by atoms with Gasteiger partial charge in [-0.05, 0) is 12.8 Å². The number of nitrogens with one attached hydrogen (secondary N) is 1. The van der Waals surface area contributed by atoms with Crippen molar-refractivity contribution < 1.29 is 4.79 Å². The monoisotopic (exact) mass is 264 g/mol. The summed E-state index contributed by atoms with van der Waals surface area (Å²) in [6.07, 6.45) is 10.2. The fraction of sp³-hybridized carbons (Fsp3) is 0.714. The van der Waals surface area contributed by atoms with E-state index in [1.165, 1.54) is 12.8 Å². The van der Waals surface area contributed by atoms with Gasteiger partial charge in [-0.3, -0.25) is 9.48 Å². The van der Waals surface area contributed by atoms with Crippen molar-refractivity contribution in [1.82, 2.24) is 15.1 Å². The van der Waals surface area contributed by atoms with Gasteiger partial charge >= 0.3 is 0 Å². The van der Waals surface area contributed by atoms with Crippen molar-refractivity contribution in [1.29, 1.82) is 0 Å². The lowest BCUT2D eigenvalue weighted by molar-refractivity contribution is -0.131. The second-order valence-corrected chi connectivity index (χ2v) is 5.60. The summed E-state index contributed by atoms with van der Waals surface area (Å²) in [5.74, 6) is 0.112. The van der Waals surface area contributed by atoms with Gasteiger partial charge in [-0.1, -0.05) is 25.7 Å². The van der Waals surface area contributed by atoms with Gasteiger partial charge in [0, 0.05) is 31.9 Å². The van der Waals surface area contributed by atoms with Crippen molar-refractivity contribution in [3.8, 4) is 0 Å². The minimum Gasteiger partial charge on any atom is -0.351 e. The standard InChI is InChI=1S/C14H24N4O/c1-18-10-12(9-17-18)8-16-13(19)14(11-15)6-4-2-3-5-7-14/h9-10H,2-8,11,15H2,1H3,(H,16,19). The summed E-state index contributed by atoms with van der Waals surface area (Å²) in [7, 11) is 1.87. The molecule has 5 heteroatoms. The molecular weight excluding hydrogens is 240 g/mol. The number of carbonyl (C=O) groups excluding carboxylic acids is 1. The Morgan fingerprint density at radius 1 is 1.42 bits per heavy atom. The number of rotatable bonds is 4. The fourth-order valence-corrected chi connectivity index (χ4v) is 2.86. The third-order valence-corrected chi connectivity index (χ3v) is 4.14. The molecule has 1 aromatic heterocycles. The SMILES string of the molecule is Cn1cc(CNC(=O)C2(CN)CCCCCC2)cn1. The van der Waals surface area contributed by atoms with Crippen molar-refractivity contribution in [2.24, 2.45) is 18.2 Å². The van der Waals surface area contributed by atoms with E-state index in [9.17, 15) is 4.79 Å². The number of aromatic nitrogens is 2. The maximum atomic E-state index is 12.5. The molecule has 1 amide bonds. The van der Waals surface area contributed by atoms with Crippen LogP contribution in [-0.4, -0.2) is 22.2 Å². The van der Waals surface area contributed by atoms with Crippen LogP contribution in [0.2, 0.25) is 0 Å². The highest BCUT2D eigenvalue weighted by atomic mass is 16.2. The van der Waals surface area contributed by atoms with E-state index in [1.54, 1.807) is 10.9 Å². The van der Waals surface area contributed by atoms with E-state index in [4.69, 9.17) is 5.73 Å². The van der Waals surface area contributed by atoms with Gasteiger partial charge in [0.25, 0.3) is 0 Å². The molecule has 3 N–H and O–H groups in total. The number of hydrogen-bond donors (Lipinski definition) is 2. The van der Waals surface area contributed by atoms with E-state index in [0.717, 1.165) is 31.2 Å². The minimum atomic E-state index is -0.349. The van der Waals surface area contributed by atoms with Gasteiger partial charge in [0.15, 0.2) is 0 Å². The number of aryl methyl sites for hydroxylation is 1. The molecule has 0 radical (unpaired) electrons. The second-order valence-electron chi connectivity index (χ2n) is 5.60. The molecule has 1 aromatic rings. The molecule has 5 nitrogen and oxygen atoms in total. The number of hydrogen-bond acceptors (Lipinski definition) is 3. The normalized spacial score (nSPS) is 18.8. The maximum absolute atomic E-state index is 12.5. The van der Waals surface area contributed by atoms with Gasteiger partial charge in [0.1, 0.15) is 0 Å². The summed E-state index contributed by atoms with van der Waals surface area (Å²) in [5.41, 5.74) is 6.58. The largest absolute Gasteiger partial charge is 0.351 e. The van der Waals surface area contributed by atoms with E-state index in [1.807, 2.05) is 13.2 Å². The highest BCUT2D eigenvalue weighted by Crippen LogP contribution is 2.34. The van der Waals surface area contributed by atoms with Crippen LogP contribution in [0.25, 0.3) is 0 Å². The lowest BCUT2D eigenvalue weighted by Gasteiger charge is -2.29. The molecule has 2 rings (SSSR count). The van der Waals surface area contributed by atoms with E-state index in [-0.39, 0.29) is 11.3 Å². The van der Waals surface area contributed by atoms with E-state index in [2.05, 4.69) is 10.4 Å². The number of nitrogens with zero attached hydrogens (tertiary/aromatic N) is 2. The van der Waals surface area contributed by atoms with Crippen molar-refractivity contribution in [2.45, 2.75) is 45.1 Å². The van der Waals surface area contributed by atoms with Crippen molar-refractivity contribution >= 4 is 5.91 Å². The smallest absolute Gasteiger partial charge is 0.227 e. The highest BCUT2D eigenvalue weighted by molar-refractivity contribution is 5.82. The summed E-state index contributed by atoms with van der Waals surface area (Å²) in [4.78, 5) is 12.5. The fourth-order valence-electron chi connectivity index (χ4n) is 2.86. The predicted octanol–water partition coefficient (Wildman–Crippen LogP) is 1.34. The maximum Gasteiger partial charge on any atom is 0.227 e. The first kappa shape index (κ1) is 14.1. The molecule has 1 aliphatic carbocycles. The highest BCUT2D eigenvalue weighted by Gasteiger charge is 2.36. The topological polar surface area (TPSA) is 72.9 Å². The van der Waals surface area contributed by atoms with Crippen molar-refractivity contribution in [2.75, 3.05) is 6.54 Å². The summed E-state index contributed by atoms with van der Waals surface area (Å²) in [6.45, 7) is 0.986. The first-order chi connectivity index (χ1) is 9.16. The average molecular weight is 264 g/mol. The Balaban J connectivity index is 1.96. The quantitative estimate of drug-likeness (QED) is 0.806. The molecule has 0 spiro atoms. The van der Waals surface area contributed by atoms with Gasteiger partial charge in [0.2, 0.25) is 5.91 Å². The lowest BCUT2D eigenvalue weighted by atomic mass is 9.79. The number of amides is 1. The average Bonchev–Trinajstić information content (AvgIpc) is 2.69. The third-order valence-electron chi connectivity index (χ3n) is 4.14.